The SMILES string of the molecule is CCC(C)C(C(=O)Nc1ccc(F)c(NC(C)=O)c1)c1ccccc1. The lowest BCUT2D eigenvalue weighted by atomic mass is 9.85. The molecule has 0 heterocycles. The van der Waals surface area contributed by atoms with Crippen LogP contribution >= 0.6 is 0 Å². The van der Waals surface area contributed by atoms with Gasteiger partial charge in [-0.15, -0.1) is 0 Å². The second-order valence-corrected chi connectivity index (χ2v) is 6.14. The van der Waals surface area contributed by atoms with Crippen LogP contribution in [0.3, 0.4) is 0 Å². The van der Waals surface area contributed by atoms with Gasteiger partial charge in [0.1, 0.15) is 5.82 Å². The van der Waals surface area contributed by atoms with E-state index in [4.69, 9.17) is 0 Å². The van der Waals surface area contributed by atoms with Crippen LogP contribution in [-0.4, -0.2) is 11.8 Å². The molecule has 2 aromatic rings. The molecule has 2 unspecified atom stereocenters. The zero-order valence-corrected chi connectivity index (χ0v) is 14.7. The van der Waals surface area contributed by atoms with E-state index in [1.54, 1.807) is 0 Å². The molecule has 2 N–H and O–H groups in total. The van der Waals surface area contributed by atoms with E-state index in [1.807, 2.05) is 44.2 Å². The summed E-state index contributed by atoms with van der Waals surface area (Å²) in [5, 5.41) is 5.26. The molecule has 2 aromatic carbocycles. The molecule has 2 atom stereocenters. The molecular formula is C20H23FN2O2. The van der Waals surface area contributed by atoms with Crippen LogP contribution in [-0.2, 0) is 9.59 Å². The standard InChI is InChI=1S/C20H23FN2O2/c1-4-13(2)19(15-8-6-5-7-9-15)20(25)23-16-10-11-17(21)18(12-16)22-14(3)24/h5-13,19H,4H2,1-3H3,(H,22,24)(H,23,25). The number of halogens is 1. The van der Waals surface area contributed by atoms with Gasteiger partial charge in [-0.2, -0.15) is 0 Å². The molecule has 132 valence electrons. The molecule has 0 fully saturated rings. The van der Waals surface area contributed by atoms with Crippen LogP contribution in [0, 0.1) is 11.7 Å². The minimum atomic E-state index is -0.547. The van der Waals surface area contributed by atoms with Gasteiger partial charge in [0.25, 0.3) is 0 Å². The van der Waals surface area contributed by atoms with Crippen molar-refractivity contribution in [2.24, 2.45) is 5.92 Å². The molecule has 25 heavy (non-hydrogen) atoms. The van der Waals surface area contributed by atoms with E-state index in [9.17, 15) is 14.0 Å². The van der Waals surface area contributed by atoms with Gasteiger partial charge in [-0.25, -0.2) is 4.39 Å². The summed E-state index contributed by atoms with van der Waals surface area (Å²) in [7, 11) is 0. The largest absolute Gasteiger partial charge is 0.325 e. The molecule has 4 nitrogen and oxygen atoms in total. The number of carbonyl (C=O) groups excluding carboxylic acids is 2. The topological polar surface area (TPSA) is 58.2 Å². The number of hydrogen-bond acceptors (Lipinski definition) is 2. The van der Waals surface area contributed by atoms with Crippen molar-refractivity contribution >= 4 is 23.2 Å². The van der Waals surface area contributed by atoms with E-state index < -0.39 is 5.82 Å². The Hall–Kier alpha value is -2.69. The van der Waals surface area contributed by atoms with Crippen molar-refractivity contribution in [1.29, 1.82) is 0 Å². The maximum Gasteiger partial charge on any atom is 0.232 e. The lowest BCUT2D eigenvalue weighted by molar-refractivity contribution is -0.118. The summed E-state index contributed by atoms with van der Waals surface area (Å²) in [6, 6.07) is 13.7. The second kappa shape index (κ2) is 8.42. The van der Waals surface area contributed by atoms with Crippen LogP contribution in [0.5, 0.6) is 0 Å². The summed E-state index contributed by atoms with van der Waals surface area (Å²) in [5.41, 5.74) is 1.43. The molecular weight excluding hydrogens is 319 g/mol. The van der Waals surface area contributed by atoms with Crippen molar-refractivity contribution in [1.82, 2.24) is 0 Å². The lowest BCUT2D eigenvalue weighted by Gasteiger charge is -2.23. The van der Waals surface area contributed by atoms with E-state index in [0.717, 1.165) is 12.0 Å². The number of hydrogen-bond donors (Lipinski definition) is 2. The van der Waals surface area contributed by atoms with E-state index in [2.05, 4.69) is 10.6 Å². The van der Waals surface area contributed by atoms with Crippen molar-refractivity contribution < 1.29 is 14.0 Å². The Labute approximate surface area is 147 Å². The smallest absolute Gasteiger partial charge is 0.232 e. The van der Waals surface area contributed by atoms with Crippen LogP contribution in [0.4, 0.5) is 15.8 Å². The Balaban J connectivity index is 2.25. The van der Waals surface area contributed by atoms with Crippen molar-refractivity contribution in [3.63, 3.8) is 0 Å². The summed E-state index contributed by atoms with van der Waals surface area (Å²) in [6.07, 6.45) is 0.855. The summed E-state index contributed by atoms with van der Waals surface area (Å²) in [5.74, 6) is -1.22. The Bertz CT molecular complexity index is 747. The first-order valence-electron chi connectivity index (χ1n) is 8.35. The van der Waals surface area contributed by atoms with E-state index in [-0.39, 0.29) is 29.3 Å². The van der Waals surface area contributed by atoms with Crippen LogP contribution in [0.2, 0.25) is 0 Å². The van der Waals surface area contributed by atoms with Gasteiger partial charge >= 0.3 is 0 Å². The molecule has 0 aliphatic rings. The molecule has 0 bridgehead atoms. The predicted octanol–water partition coefficient (Wildman–Crippen LogP) is 4.55. The van der Waals surface area contributed by atoms with Crippen molar-refractivity contribution in [3.8, 4) is 0 Å². The fraction of sp³-hybridized carbons (Fsp3) is 0.300. The third-order valence-electron chi connectivity index (χ3n) is 4.20. The normalized spacial score (nSPS) is 13.0. The molecule has 2 amide bonds. The summed E-state index contributed by atoms with van der Waals surface area (Å²) in [4.78, 5) is 24.0. The molecule has 0 aliphatic heterocycles. The third kappa shape index (κ3) is 4.89. The minimum absolute atomic E-state index is 0.0464. The molecule has 2 rings (SSSR count). The average Bonchev–Trinajstić information content (AvgIpc) is 2.58. The highest BCUT2D eigenvalue weighted by Gasteiger charge is 2.26. The molecule has 0 aromatic heterocycles. The van der Waals surface area contributed by atoms with Crippen LogP contribution < -0.4 is 10.6 Å². The van der Waals surface area contributed by atoms with E-state index in [0.29, 0.717) is 5.69 Å². The fourth-order valence-electron chi connectivity index (χ4n) is 2.74. The number of benzene rings is 2. The monoisotopic (exact) mass is 342 g/mol. The van der Waals surface area contributed by atoms with Gasteiger partial charge in [0.05, 0.1) is 11.6 Å². The number of amides is 2. The number of nitrogens with one attached hydrogen (secondary N) is 2. The third-order valence-corrected chi connectivity index (χ3v) is 4.20. The fourth-order valence-corrected chi connectivity index (χ4v) is 2.74. The highest BCUT2D eigenvalue weighted by molar-refractivity contribution is 5.97. The first kappa shape index (κ1) is 18.6. The van der Waals surface area contributed by atoms with Crippen LogP contribution in [0.1, 0.15) is 38.7 Å². The maximum atomic E-state index is 13.7. The van der Waals surface area contributed by atoms with Gasteiger partial charge in [-0.1, -0.05) is 50.6 Å². The number of carbonyl (C=O) groups is 2. The maximum absolute atomic E-state index is 13.7. The van der Waals surface area contributed by atoms with Crippen molar-refractivity contribution in [2.75, 3.05) is 10.6 Å². The zero-order chi connectivity index (χ0) is 18.4. The molecule has 0 radical (unpaired) electrons. The van der Waals surface area contributed by atoms with E-state index >= 15 is 0 Å². The van der Waals surface area contributed by atoms with Crippen LogP contribution in [0.25, 0.3) is 0 Å². The van der Waals surface area contributed by atoms with Gasteiger partial charge in [0.2, 0.25) is 11.8 Å². The Kier molecular flexibility index (Phi) is 6.28. The summed E-state index contributed by atoms with van der Waals surface area (Å²) in [6.45, 7) is 5.38. The number of anilines is 2. The van der Waals surface area contributed by atoms with Gasteiger partial charge in [0, 0.05) is 12.6 Å². The predicted molar refractivity (Wildman–Crippen MR) is 98.0 cm³/mol. The highest BCUT2D eigenvalue weighted by atomic mass is 19.1. The minimum Gasteiger partial charge on any atom is -0.325 e. The Morgan fingerprint density at radius 1 is 1.08 bits per heavy atom. The van der Waals surface area contributed by atoms with Gasteiger partial charge in [0.15, 0.2) is 0 Å². The van der Waals surface area contributed by atoms with Gasteiger partial charge < -0.3 is 10.6 Å². The molecule has 0 saturated carbocycles. The Morgan fingerprint density at radius 3 is 2.36 bits per heavy atom. The zero-order valence-electron chi connectivity index (χ0n) is 14.7. The summed E-state index contributed by atoms with van der Waals surface area (Å²) < 4.78 is 13.7. The quantitative estimate of drug-likeness (QED) is 0.809. The van der Waals surface area contributed by atoms with Crippen LogP contribution in [0.15, 0.2) is 48.5 Å². The van der Waals surface area contributed by atoms with E-state index in [1.165, 1.54) is 25.1 Å². The highest BCUT2D eigenvalue weighted by Crippen LogP contribution is 2.29. The van der Waals surface area contributed by atoms with Gasteiger partial charge in [-0.3, -0.25) is 9.59 Å². The van der Waals surface area contributed by atoms with Gasteiger partial charge in [-0.05, 0) is 29.7 Å². The second-order valence-electron chi connectivity index (χ2n) is 6.14. The van der Waals surface area contributed by atoms with Crippen molar-refractivity contribution in [3.05, 3.63) is 59.9 Å². The lowest BCUT2D eigenvalue weighted by Crippen LogP contribution is -2.26. The summed E-state index contributed by atoms with van der Waals surface area (Å²) >= 11 is 0. The molecule has 0 saturated heterocycles. The molecule has 5 heteroatoms. The average molecular weight is 342 g/mol. The molecule has 0 spiro atoms. The first-order valence-corrected chi connectivity index (χ1v) is 8.35. The first-order chi connectivity index (χ1) is 11.9. The Morgan fingerprint density at radius 2 is 1.76 bits per heavy atom. The number of rotatable bonds is 6. The van der Waals surface area contributed by atoms with Crippen molar-refractivity contribution in [2.45, 2.75) is 33.1 Å². The molecule has 0 aliphatic carbocycles.